The van der Waals surface area contributed by atoms with Crippen molar-refractivity contribution < 1.29 is 4.21 Å². The highest BCUT2D eigenvalue weighted by molar-refractivity contribution is 7.84. The molecule has 0 radical (unpaired) electrons. The molecule has 0 aliphatic rings. The molecule has 0 aliphatic carbocycles. The molecule has 0 heterocycles. The van der Waals surface area contributed by atoms with Crippen molar-refractivity contribution >= 4 is 28.1 Å². The number of rotatable bonds is 4. The van der Waals surface area contributed by atoms with E-state index in [2.05, 4.69) is 5.32 Å². The Morgan fingerprint density at radius 2 is 2.31 bits per heavy atom. The summed E-state index contributed by atoms with van der Waals surface area (Å²) in [6, 6.07) is 7.28. The molecule has 16 heavy (non-hydrogen) atoms. The van der Waals surface area contributed by atoms with Gasteiger partial charge in [-0.15, -0.1) is 0 Å². The Kier molecular flexibility index (Phi) is 4.78. The van der Waals surface area contributed by atoms with Crippen molar-refractivity contribution in [2.45, 2.75) is 12.2 Å². The lowest BCUT2D eigenvalue weighted by Crippen LogP contribution is -2.21. The van der Waals surface area contributed by atoms with Crippen molar-refractivity contribution in [1.29, 1.82) is 5.26 Å². The smallest absolute Gasteiger partial charge is 0.103 e. The zero-order chi connectivity index (χ0) is 12.1. The van der Waals surface area contributed by atoms with Crippen LogP contribution in [0, 0.1) is 11.3 Å². The lowest BCUT2D eigenvalue weighted by molar-refractivity contribution is 0.679. The molecule has 86 valence electrons. The first kappa shape index (κ1) is 13.0. The lowest BCUT2D eigenvalue weighted by atomic mass is 10.2. The van der Waals surface area contributed by atoms with Gasteiger partial charge >= 0.3 is 0 Å². The predicted molar refractivity (Wildman–Crippen MR) is 68.2 cm³/mol. The van der Waals surface area contributed by atoms with Crippen molar-refractivity contribution in [3.8, 4) is 6.07 Å². The first-order chi connectivity index (χ1) is 7.56. The molecule has 1 rings (SSSR count). The molecule has 0 aliphatic heterocycles. The molecule has 0 amide bonds. The molecule has 1 aromatic rings. The second-order valence-electron chi connectivity index (χ2n) is 3.46. The molecule has 0 fully saturated rings. The maximum absolute atomic E-state index is 11.2. The van der Waals surface area contributed by atoms with E-state index in [0.29, 0.717) is 22.8 Å². The Morgan fingerprint density at radius 1 is 1.62 bits per heavy atom. The van der Waals surface area contributed by atoms with Gasteiger partial charge in [-0.1, -0.05) is 17.7 Å². The van der Waals surface area contributed by atoms with Crippen LogP contribution in [0.5, 0.6) is 0 Å². The molecule has 1 aromatic carbocycles. The molecule has 0 bridgehead atoms. The van der Waals surface area contributed by atoms with E-state index in [1.54, 1.807) is 24.5 Å². The van der Waals surface area contributed by atoms with E-state index in [9.17, 15) is 4.21 Å². The van der Waals surface area contributed by atoms with Crippen LogP contribution in [0.25, 0.3) is 0 Å². The second kappa shape index (κ2) is 5.88. The summed E-state index contributed by atoms with van der Waals surface area (Å²) < 4.78 is 11.2. The topological polar surface area (TPSA) is 52.9 Å². The zero-order valence-electron chi connectivity index (χ0n) is 9.16. The van der Waals surface area contributed by atoms with Gasteiger partial charge in [0.2, 0.25) is 0 Å². The first-order valence-electron chi connectivity index (χ1n) is 4.81. The average Bonchev–Trinajstić information content (AvgIpc) is 2.25. The van der Waals surface area contributed by atoms with Crippen LogP contribution in [0.1, 0.15) is 12.5 Å². The van der Waals surface area contributed by atoms with E-state index in [1.807, 2.05) is 13.0 Å². The third-order valence-electron chi connectivity index (χ3n) is 2.27. The molecule has 0 saturated carbocycles. The van der Waals surface area contributed by atoms with E-state index in [1.165, 1.54) is 0 Å². The maximum atomic E-state index is 11.2. The van der Waals surface area contributed by atoms with E-state index >= 15 is 0 Å². The molecule has 0 saturated heterocycles. The van der Waals surface area contributed by atoms with Crippen molar-refractivity contribution in [1.82, 2.24) is 0 Å². The van der Waals surface area contributed by atoms with Crippen LogP contribution < -0.4 is 5.32 Å². The minimum absolute atomic E-state index is 0.0329. The summed E-state index contributed by atoms with van der Waals surface area (Å²) in [4.78, 5) is 0. The van der Waals surface area contributed by atoms with Crippen LogP contribution in [0.15, 0.2) is 18.2 Å². The van der Waals surface area contributed by atoms with Gasteiger partial charge in [0.25, 0.3) is 0 Å². The van der Waals surface area contributed by atoms with Crippen molar-refractivity contribution in [2.75, 3.05) is 18.1 Å². The molecule has 2 unspecified atom stereocenters. The molecule has 5 heteroatoms. The van der Waals surface area contributed by atoms with Gasteiger partial charge < -0.3 is 5.32 Å². The van der Waals surface area contributed by atoms with Crippen LogP contribution in [0.2, 0.25) is 5.02 Å². The molecular formula is C11H13ClN2OS. The van der Waals surface area contributed by atoms with Gasteiger partial charge in [0.1, 0.15) is 6.07 Å². The maximum Gasteiger partial charge on any atom is 0.103 e. The minimum Gasteiger partial charge on any atom is -0.383 e. The monoisotopic (exact) mass is 256 g/mol. The quantitative estimate of drug-likeness (QED) is 0.900. The summed E-state index contributed by atoms with van der Waals surface area (Å²) in [7, 11) is -0.876. The Balaban J connectivity index is 2.79. The normalized spacial score (nSPS) is 13.9. The highest BCUT2D eigenvalue weighted by atomic mass is 35.5. The number of hydrogen-bond acceptors (Lipinski definition) is 3. The van der Waals surface area contributed by atoms with Gasteiger partial charge in [-0.05, 0) is 19.1 Å². The second-order valence-corrected chi connectivity index (χ2v) is 5.67. The van der Waals surface area contributed by atoms with E-state index in [0.717, 1.165) is 0 Å². The number of hydrogen-bond donors (Lipinski definition) is 1. The number of nitrogens with zero attached hydrogens (tertiary/aromatic N) is 1. The Hall–Kier alpha value is -1.05. The third-order valence-corrected chi connectivity index (χ3v) is 3.89. The Labute approximate surface area is 103 Å². The number of benzene rings is 1. The molecule has 1 N–H and O–H groups in total. The van der Waals surface area contributed by atoms with Gasteiger partial charge in [-0.25, -0.2) is 0 Å². The first-order valence-corrected chi connectivity index (χ1v) is 6.81. The summed E-state index contributed by atoms with van der Waals surface area (Å²) >= 11 is 5.88. The predicted octanol–water partition coefficient (Wildman–Crippen LogP) is 2.39. The summed E-state index contributed by atoms with van der Waals surface area (Å²) in [6.07, 6.45) is 1.66. The molecule has 2 atom stereocenters. The van der Waals surface area contributed by atoms with Gasteiger partial charge in [-0.3, -0.25) is 4.21 Å². The fourth-order valence-electron chi connectivity index (χ4n) is 1.16. The largest absolute Gasteiger partial charge is 0.383 e. The van der Waals surface area contributed by atoms with Gasteiger partial charge in [0, 0.05) is 28.9 Å². The number of nitrogens with one attached hydrogen (secondary N) is 1. The summed E-state index contributed by atoms with van der Waals surface area (Å²) in [5, 5.41) is 12.5. The molecule has 0 spiro atoms. The van der Waals surface area contributed by atoms with Crippen LogP contribution in [-0.4, -0.2) is 22.3 Å². The number of anilines is 1. The standard InChI is InChI=1S/C11H13ClN2OS/c1-8(16(2)15)7-14-11-5-3-4-10(12)9(11)6-13/h3-5,8,14H,7H2,1-2H3. The van der Waals surface area contributed by atoms with E-state index in [-0.39, 0.29) is 5.25 Å². The Bertz CT molecular complexity index is 442. The van der Waals surface area contributed by atoms with Gasteiger partial charge in [0.15, 0.2) is 0 Å². The van der Waals surface area contributed by atoms with Crippen LogP contribution in [-0.2, 0) is 10.8 Å². The van der Waals surface area contributed by atoms with Crippen molar-refractivity contribution in [3.05, 3.63) is 28.8 Å². The van der Waals surface area contributed by atoms with E-state index < -0.39 is 10.8 Å². The SMILES string of the molecule is CC(CNc1cccc(Cl)c1C#N)S(C)=O. The summed E-state index contributed by atoms with van der Waals surface area (Å²) in [6.45, 7) is 2.44. The van der Waals surface area contributed by atoms with Gasteiger partial charge in [-0.2, -0.15) is 5.26 Å². The summed E-state index contributed by atoms with van der Waals surface area (Å²) in [5.74, 6) is 0. The highest BCUT2D eigenvalue weighted by Gasteiger charge is 2.09. The van der Waals surface area contributed by atoms with Crippen LogP contribution in [0.4, 0.5) is 5.69 Å². The molecular weight excluding hydrogens is 244 g/mol. The van der Waals surface area contributed by atoms with Crippen LogP contribution >= 0.6 is 11.6 Å². The van der Waals surface area contributed by atoms with Crippen LogP contribution in [0.3, 0.4) is 0 Å². The third kappa shape index (κ3) is 3.22. The fraction of sp³-hybridized carbons (Fsp3) is 0.364. The van der Waals surface area contributed by atoms with Crippen molar-refractivity contribution in [2.24, 2.45) is 0 Å². The average molecular weight is 257 g/mol. The molecule has 0 aromatic heterocycles. The number of nitriles is 1. The fourth-order valence-corrected chi connectivity index (χ4v) is 1.69. The zero-order valence-corrected chi connectivity index (χ0v) is 10.7. The van der Waals surface area contributed by atoms with E-state index in [4.69, 9.17) is 16.9 Å². The van der Waals surface area contributed by atoms with Gasteiger partial charge in [0.05, 0.1) is 16.3 Å². The molecule has 3 nitrogen and oxygen atoms in total. The lowest BCUT2D eigenvalue weighted by Gasteiger charge is -2.12. The highest BCUT2D eigenvalue weighted by Crippen LogP contribution is 2.23. The number of halogens is 1. The Morgan fingerprint density at radius 3 is 2.88 bits per heavy atom. The summed E-state index contributed by atoms with van der Waals surface area (Å²) in [5.41, 5.74) is 1.12. The van der Waals surface area contributed by atoms with Crippen molar-refractivity contribution in [3.63, 3.8) is 0 Å². The minimum atomic E-state index is -0.876.